The van der Waals surface area contributed by atoms with E-state index in [0.717, 1.165) is 42.2 Å². The van der Waals surface area contributed by atoms with Crippen molar-refractivity contribution in [1.82, 2.24) is 15.3 Å². The molecule has 0 radical (unpaired) electrons. The molecule has 1 aliphatic rings. The predicted molar refractivity (Wildman–Crippen MR) is 88.3 cm³/mol. The maximum Gasteiger partial charge on any atom is 0.223 e. The minimum absolute atomic E-state index is 0.400. The van der Waals surface area contributed by atoms with Gasteiger partial charge in [-0.2, -0.15) is 0 Å². The normalized spacial score (nSPS) is 17.5. The summed E-state index contributed by atoms with van der Waals surface area (Å²) >= 11 is 0. The molecule has 1 aromatic carbocycles. The molecule has 1 saturated heterocycles. The van der Waals surface area contributed by atoms with Gasteiger partial charge in [-0.05, 0) is 45.0 Å². The second kappa shape index (κ2) is 6.75. The first-order valence-corrected chi connectivity index (χ1v) is 7.81. The lowest BCUT2D eigenvalue weighted by atomic mass is 10.1. The fourth-order valence-electron chi connectivity index (χ4n) is 2.69. The largest absolute Gasteiger partial charge is 0.493 e. The lowest BCUT2D eigenvalue weighted by Gasteiger charge is -2.14. The lowest BCUT2D eigenvalue weighted by molar-refractivity contribution is 0.341. The van der Waals surface area contributed by atoms with Crippen LogP contribution in [0.3, 0.4) is 0 Å². The van der Waals surface area contributed by atoms with E-state index in [2.05, 4.69) is 20.6 Å². The summed E-state index contributed by atoms with van der Waals surface area (Å²) in [6, 6.07) is 10.4. The van der Waals surface area contributed by atoms with Gasteiger partial charge in [0.05, 0.1) is 12.3 Å². The lowest BCUT2D eigenvalue weighted by Crippen LogP contribution is -2.23. The van der Waals surface area contributed by atoms with Gasteiger partial charge in [-0.25, -0.2) is 9.97 Å². The summed E-state index contributed by atoms with van der Waals surface area (Å²) in [6.07, 6.45) is 1.10. The van der Waals surface area contributed by atoms with E-state index < -0.39 is 0 Å². The number of nitrogens with one attached hydrogen (secondary N) is 2. The number of hydrogen-bond donors (Lipinski definition) is 2. The Morgan fingerprint density at radius 3 is 2.95 bits per heavy atom. The van der Waals surface area contributed by atoms with Gasteiger partial charge in [-0.15, -0.1) is 0 Å². The van der Waals surface area contributed by atoms with Crippen LogP contribution in [0.1, 0.15) is 19.0 Å². The molecule has 1 aromatic heterocycles. The van der Waals surface area contributed by atoms with Crippen molar-refractivity contribution in [3.63, 3.8) is 0 Å². The van der Waals surface area contributed by atoms with Gasteiger partial charge >= 0.3 is 0 Å². The summed E-state index contributed by atoms with van der Waals surface area (Å²) in [7, 11) is 0. The topological polar surface area (TPSA) is 59.1 Å². The Bertz CT molecular complexity index is 638. The van der Waals surface area contributed by atoms with Crippen molar-refractivity contribution in [2.45, 2.75) is 26.3 Å². The van der Waals surface area contributed by atoms with Crippen molar-refractivity contribution in [2.75, 3.05) is 25.0 Å². The molecule has 0 aliphatic carbocycles. The number of nitrogens with zero attached hydrogens (tertiary/aromatic N) is 2. The number of benzene rings is 1. The second-order valence-corrected chi connectivity index (χ2v) is 5.48. The average Bonchev–Trinajstić information content (AvgIpc) is 3.00. The molecule has 0 spiro atoms. The molecular weight excluding hydrogens is 276 g/mol. The molecule has 5 heteroatoms. The van der Waals surface area contributed by atoms with E-state index in [0.29, 0.717) is 18.6 Å². The third kappa shape index (κ3) is 3.36. The molecule has 0 saturated carbocycles. The van der Waals surface area contributed by atoms with E-state index in [1.165, 1.54) is 0 Å². The summed E-state index contributed by atoms with van der Waals surface area (Å²) in [5.74, 6) is 1.55. The molecule has 1 atom stereocenters. The van der Waals surface area contributed by atoms with E-state index in [1.54, 1.807) is 0 Å². The number of hydrogen-bond acceptors (Lipinski definition) is 5. The van der Waals surface area contributed by atoms with Gasteiger partial charge in [0, 0.05) is 23.8 Å². The van der Waals surface area contributed by atoms with Crippen LogP contribution in [-0.4, -0.2) is 35.7 Å². The first-order valence-electron chi connectivity index (χ1n) is 7.81. The minimum Gasteiger partial charge on any atom is -0.493 e. The Labute approximate surface area is 131 Å². The second-order valence-electron chi connectivity index (χ2n) is 5.48. The van der Waals surface area contributed by atoms with Crippen molar-refractivity contribution in [2.24, 2.45) is 0 Å². The van der Waals surface area contributed by atoms with Crippen LogP contribution in [0.15, 0.2) is 30.3 Å². The van der Waals surface area contributed by atoms with Gasteiger partial charge in [0.15, 0.2) is 0 Å². The summed E-state index contributed by atoms with van der Waals surface area (Å²) in [6.45, 7) is 6.63. The van der Waals surface area contributed by atoms with Gasteiger partial charge < -0.3 is 15.4 Å². The highest BCUT2D eigenvalue weighted by Gasteiger charge is 2.16. The van der Waals surface area contributed by atoms with Gasteiger partial charge in [0.2, 0.25) is 5.95 Å². The van der Waals surface area contributed by atoms with Crippen molar-refractivity contribution in [1.29, 1.82) is 0 Å². The fourth-order valence-corrected chi connectivity index (χ4v) is 2.69. The number of aromatic nitrogens is 2. The quantitative estimate of drug-likeness (QED) is 0.888. The zero-order valence-electron chi connectivity index (χ0n) is 13.1. The highest BCUT2D eigenvalue weighted by Crippen LogP contribution is 2.29. The molecule has 0 bridgehead atoms. The van der Waals surface area contributed by atoms with Crippen LogP contribution in [0, 0.1) is 6.92 Å². The Morgan fingerprint density at radius 2 is 2.18 bits per heavy atom. The van der Waals surface area contributed by atoms with Crippen LogP contribution in [0.25, 0.3) is 11.3 Å². The van der Waals surface area contributed by atoms with Crippen LogP contribution in [-0.2, 0) is 0 Å². The summed E-state index contributed by atoms with van der Waals surface area (Å²) < 4.78 is 5.71. The molecule has 1 fully saturated rings. The molecule has 2 N–H and O–H groups in total. The van der Waals surface area contributed by atoms with Crippen molar-refractivity contribution < 1.29 is 4.74 Å². The molecule has 116 valence electrons. The molecule has 0 amide bonds. The summed E-state index contributed by atoms with van der Waals surface area (Å²) in [5, 5.41) is 6.76. The van der Waals surface area contributed by atoms with Crippen LogP contribution in [0.2, 0.25) is 0 Å². The van der Waals surface area contributed by atoms with E-state index in [1.807, 2.05) is 44.2 Å². The SMILES string of the molecule is CCOc1ccccc1-c1cc(C)nc(NC2CCNC2)n1. The third-order valence-electron chi connectivity index (χ3n) is 3.71. The van der Waals surface area contributed by atoms with Crippen LogP contribution >= 0.6 is 0 Å². The van der Waals surface area contributed by atoms with E-state index in [9.17, 15) is 0 Å². The Kier molecular flexibility index (Phi) is 4.53. The zero-order valence-corrected chi connectivity index (χ0v) is 13.1. The Morgan fingerprint density at radius 1 is 1.32 bits per heavy atom. The number of para-hydroxylation sites is 1. The van der Waals surface area contributed by atoms with Gasteiger partial charge in [-0.3, -0.25) is 0 Å². The monoisotopic (exact) mass is 298 g/mol. The molecule has 5 nitrogen and oxygen atoms in total. The van der Waals surface area contributed by atoms with Crippen molar-refractivity contribution in [3.05, 3.63) is 36.0 Å². The molecule has 2 heterocycles. The molecule has 3 rings (SSSR count). The highest BCUT2D eigenvalue weighted by atomic mass is 16.5. The first-order chi connectivity index (χ1) is 10.8. The fraction of sp³-hybridized carbons (Fsp3) is 0.412. The summed E-state index contributed by atoms with van der Waals surface area (Å²) in [4.78, 5) is 9.19. The van der Waals surface area contributed by atoms with E-state index >= 15 is 0 Å². The van der Waals surface area contributed by atoms with Crippen LogP contribution < -0.4 is 15.4 Å². The molecule has 2 aromatic rings. The number of ether oxygens (including phenoxy) is 1. The Hall–Kier alpha value is -2.14. The maximum atomic E-state index is 5.71. The van der Waals surface area contributed by atoms with Gasteiger partial charge in [0.1, 0.15) is 5.75 Å². The number of rotatable bonds is 5. The first kappa shape index (κ1) is 14.8. The Balaban J connectivity index is 1.91. The van der Waals surface area contributed by atoms with Gasteiger partial charge in [0.25, 0.3) is 0 Å². The van der Waals surface area contributed by atoms with Crippen LogP contribution in [0.4, 0.5) is 5.95 Å². The molecule has 1 unspecified atom stereocenters. The number of aryl methyl sites for hydroxylation is 1. The van der Waals surface area contributed by atoms with Crippen molar-refractivity contribution in [3.8, 4) is 17.0 Å². The molecular formula is C17H22N4O. The molecule has 1 aliphatic heterocycles. The standard InChI is InChI=1S/C17H22N4O/c1-3-22-16-7-5-4-6-14(16)15-10-12(2)19-17(21-15)20-13-8-9-18-11-13/h4-7,10,13,18H,3,8-9,11H2,1-2H3,(H,19,20,21). The summed E-state index contributed by atoms with van der Waals surface area (Å²) in [5.41, 5.74) is 2.84. The minimum atomic E-state index is 0.400. The number of anilines is 1. The predicted octanol–water partition coefficient (Wildman–Crippen LogP) is 2.62. The zero-order chi connectivity index (χ0) is 15.4. The maximum absolute atomic E-state index is 5.71. The van der Waals surface area contributed by atoms with E-state index in [4.69, 9.17) is 4.74 Å². The van der Waals surface area contributed by atoms with Gasteiger partial charge in [-0.1, -0.05) is 12.1 Å². The third-order valence-corrected chi connectivity index (χ3v) is 3.71. The highest BCUT2D eigenvalue weighted by molar-refractivity contribution is 5.68. The van der Waals surface area contributed by atoms with Crippen LogP contribution in [0.5, 0.6) is 5.75 Å². The average molecular weight is 298 g/mol. The van der Waals surface area contributed by atoms with Crippen molar-refractivity contribution >= 4 is 5.95 Å². The van der Waals surface area contributed by atoms with E-state index in [-0.39, 0.29) is 0 Å². The molecule has 22 heavy (non-hydrogen) atoms. The smallest absolute Gasteiger partial charge is 0.223 e.